The second-order valence-electron chi connectivity index (χ2n) is 6.36. The fraction of sp³-hybridized carbons (Fsp3) is 0.333. The lowest BCUT2D eigenvalue weighted by atomic mass is 10.1. The Morgan fingerprint density at radius 2 is 2.12 bits per heavy atom. The van der Waals surface area contributed by atoms with Gasteiger partial charge in [-0.2, -0.15) is 0 Å². The number of nitrogens with one attached hydrogen (secondary N) is 1. The van der Waals surface area contributed by atoms with Gasteiger partial charge in [-0.05, 0) is 55.7 Å². The van der Waals surface area contributed by atoms with Gasteiger partial charge < -0.3 is 4.90 Å². The quantitative estimate of drug-likeness (QED) is 0.909. The predicted octanol–water partition coefficient (Wildman–Crippen LogP) is 2.42. The lowest BCUT2D eigenvalue weighted by Gasteiger charge is -2.20. The topological polar surface area (TPSA) is 79.4 Å². The van der Waals surface area contributed by atoms with Crippen LogP contribution < -0.4 is 9.62 Å². The number of sulfonamides is 1. The summed E-state index contributed by atoms with van der Waals surface area (Å²) in [5.41, 5.74) is 2.46. The summed E-state index contributed by atoms with van der Waals surface area (Å²) in [7, 11) is -3.67. The smallest absolute Gasteiger partial charge is 0.241 e. The fourth-order valence-electron chi connectivity index (χ4n) is 3.26. The molecule has 6 nitrogen and oxygen atoms in total. The monoisotopic (exact) mass is 359 g/mol. The third-order valence-electron chi connectivity index (χ3n) is 4.43. The van der Waals surface area contributed by atoms with Crippen LogP contribution in [0.2, 0.25) is 0 Å². The lowest BCUT2D eigenvalue weighted by molar-refractivity contribution is -0.116. The number of amides is 1. The van der Waals surface area contributed by atoms with E-state index in [1.807, 2.05) is 13.0 Å². The molecule has 0 radical (unpaired) electrons. The first-order chi connectivity index (χ1) is 11.8. The number of aromatic nitrogens is 1. The van der Waals surface area contributed by atoms with E-state index in [0.717, 1.165) is 16.8 Å². The molecule has 2 heterocycles. The van der Waals surface area contributed by atoms with Crippen LogP contribution in [0, 0.1) is 0 Å². The van der Waals surface area contributed by atoms with Gasteiger partial charge in [0, 0.05) is 37.1 Å². The molecule has 1 aromatic carbocycles. The Balaban J connectivity index is 1.87. The maximum absolute atomic E-state index is 12.7. The van der Waals surface area contributed by atoms with Gasteiger partial charge in [-0.3, -0.25) is 9.78 Å². The number of pyridine rings is 1. The molecule has 2 unspecified atom stereocenters. The molecule has 0 saturated heterocycles. The molecule has 0 saturated carbocycles. The standard InChI is InChI=1S/C18H21N3O3S/c1-12-9-16-10-17(6-7-18(16)21(12)14(3)22)25(23,24)20-13(2)15-5-4-8-19-11-15/h4-8,10-13,20H,9H2,1-3H3. The molecule has 0 aliphatic carbocycles. The Kier molecular flexibility index (Phi) is 4.62. The Bertz CT molecular complexity index is 897. The van der Waals surface area contributed by atoms with Gasteiger partial charge in [0.05, 0.1) is 4.90 Å². The molecule has 2 atom stereocenters. The molecular formula is C18H21N3O3S. The largest absolute Gasteiger partial charge is 0.309 e. The minimum Gasteiger partial charge on any atom is -0.309 e. The van der Waals surface area contributed by atoms with Crippen LogP contribution in [0.3, 0.4) is 0 Å². The van der Waals surface area contributed by atoms with Crippen molar-refractivity contribution in [2.45, 2.75) is 44.2 Å². The Hall–Kier alpha value is -2.25. The molecule has 1 N–H and O–H groups in total. The van der Waals surface area contributed by atoms with E-state index in [9.17, 15) is 13.2 Å². The fourth-order valence-corrected chi connectivity index (χ4v) is 4.54. The maximum atomic E-state index is 12.7. The summed E-state index contributed by atoms with van der Waals surface area (Å²) in [6, 6.07) is 8.16. The zero-order valence-electron chi connectivity index (χ0n) is 14.4. The van der Waals surface area contributed by atoms with E-state index in [0.29, 0.717) is 6.42 Å². The maximum Gasteiger partial charge on any atom is 0.241 e. The Morgan fingerprint density at radius 1 is 1.36 bits per heavy atom. The molecule has 1 aromatic heterocycles. The molecule has 132 valence electrons. The SMILES string of the molecule is CC(=O)N1c2ccc(S(=O)(=O)NC(C)c3cccnc3)cc2CC1C. The minimum absolute atomic E-state index is 0.0349. The average molecular weight is 359 g/mol. The Labute approximate surface area is 147 Å². The van der Waals surface area contributed by atoms with Gasteiger partial charge in [0.25, 0.3) is 0 Å². The van der Waals surface area contributed by atoms with Gasteiger partial charge in [0.1, 0.15) is 0 Å². The summed E-state index contributed by atoms with van der Waals surface area (Å²) in [4.78, 5) is 17.7. The van der Waals surface area contributed by atoms with Crippen molar-refractivity contribution in [2.24, 2.45) is 0 Å². The van der Waals surface area contributed by atoms with E-state index in [4.69, 9.17) is 0 Å². The molecule has 0 fully saturated rings. The number of nitrogens with zero attached hydrogens (tertiary/aromatic N) is 2. The summed E-state index contributed by atoms with van der Waals surface area (Å²) in [6.07, 6.45) is 3.94. The summed E-state index contributed by atoms with van der Waals surface area (Å²) in [6.45, 7) is 5.26. The highest BCUT2D eigenvalue weighted by Crippen LogP contribution is 2.34. The molecule has 1 amide bonds. The molecule has 0 bridgehead atoms. The van der Waals surface area contributed by atoms with Crippen molar-refractivity contribution in [3.05, 3.63) is 53.9 Å². The molecular weight excluding hydrogens is 338 g/mol. The molecule has 25 heavy (non-hydrogen) atoms. The number of hydrogen-bond acceptors (Lipinski definition) is 4. The van der Waals surface area contributed by atoms with Crippen LogP contribution in [-0.4, -0.2) is 25.4 Å². The van der Waals surface area contributed by atoms with Crippen molar-refractivity contribution in [1.82, 2.24) is 9.71 Å². The van der Waals surface area contributed by atoms with Crippen LogP contribution in [-0.2, 0) is 21.2 Å². The van der Waals surface area contributed by atoms with E-state index in [-0.39, 0.29) is 22.9 Å². The molecule has 2 aromatic rings. The summed E-state index contributed by atoms with van der Waals surface area (Å²) < 4.78 is 28.1. The van der Waals surface area contributed by atoms with Crippen LogP contribution in [0.1, 0.15) is 37.9 Å². The van der Waals surface area contributed by atoms with Crippen LogP contribution in [0.15, 0.2) is 47.6 Å². The number of rotatable bonds is 4. The second-order valence-corrected chi connectivity index (χ2v) is 8.08. The number of carbonyl (C=O) groups excluding carboxylic acids is 1. The van der Waals surface area contributed by atoms with Crippen molar-refractivity contribution in [3.8, 4) is 0 Å². The minimum atomic E-state index is -3.67. The normalized spacial score (nSPS) is 18.0. The van der Waals surface area contributed by atoms with Crippen LogP contribution in [0.25, 0.3) is 0 Å². The number of carbonyl (C=O) groups is 1. The molecule has 3 rings (SSSR count). The zero-order chi connectivity index (χ0) is 18.2. The molecule has 7 heteroatoms. The van der Waals surface area contributed by atoms with Gasteiger partial charge >= 0.3 is 0 Å². The van der Waals surface area contributed by atoms with Crippen molar-refractivity contribution in [2.75, 3.05) is 4.90 Å². The van der Waals surface area contributed by atoms with E-state index >= 15 is 0 Å². The third-order valence-corrected chi connectivity index (χ3v) is 5.97. The second kappa shape index (κ2) is 6.57. The summed E-state index contributed by atoms with van der Waals surface area (Å²) in [5.74, 6) is -0.0369. The number of anilines is 1. The van der Waals surface area contributed by atoms with E-state index in [2.05, 4.69) is 9.71 Å². The predicted molar refractivity (Wildman–Crippen MR) is 95.7 cm³/mol. The molecule has 1 aliphatic heterocycles. The first-order valence-corrected chi connectivity index (χ1v) is 9.63. The third kappa shape index (κ3) is 3.43. The number of fused-ring (bicyclic) bond motifs is 1. The van der Waals surface area contributed by atoms with E-state index < -0.39 is 10.0 Å². The Morgan fingerprint density at radius 3 is 2.76 bits per heavy atom. The van der Waals surface area contributed by atoms with Gasteiger partial charge in [0.2, 0.25) is 15.9 Å². The van der Waals surface area contributed by atoms with Crippen molar-refractivity contribution in [3.63, 3.8) is 0 Å². The van der Waals surface area contributed by atoms with Crippen molar-refractivity contribution < 1.29 is 13.2 Å². The number of benzene rings is 1. The van der Waals surface area contributed by atoms with Crippen LogP contribution in [0.5, 0.6) is 0 Å². The number of hydrogen-bond donors (Lipinski definition) is 1. The summed E-state index contributed by atoms with van der Waals surface area (Å²) >= 11 is 0. The molecule has 1 aliphatic rings. The zero-order valence-corrected chi connectivity index (χ0v) is 15.2. The van der Waals surface area contributed by atoms with Crippen molar-refractivity contribution in [1.29, 1.82) is 0 Å². The van der Waals surface area contributed by atoms with Crippen LogP contribution in [0.4, 0.5) is 5.69 Å². The lowest BCUT2D eigenvalue weighted by Crippen LogP contribution is -2.33. The highest BCUT2D eigenvalue weighted by Gasteiger charge is 2.30. The summed E-state index contributed by atoms with van der Waals surface area (Å²) in [5, 5.41) is 0. The van der Waals surface area contributed by atoms with E-state index in [1.165, 1.54) is 6.92 Å². The van der Waals surface area contributed by atoms with Gasteiger partial charge in [0.15, 0.2) is 0 Å². The van der Waals surface area contributed by atoms with Crippen LogP contribution >= 0.6 is 0 Å². The van der Waals surface area contributed by atoms with Gasteiger partial charge in [-0.15, -0.1) is 0 Å². The highest BCUT2D eigenvalue weighted by molar-refractivity contribution is 7.89. The first kappa shape index (κ1) is 17.6. The average Bonchev–Trinajstić information content (AvgIpc) is 2.90. The first-order valence-electron chi connectivity index (χ1n) is 8.14. The highest BCUT2D eigenvalue weighted by atomic mass is 32.2. The molecule has 0 spiro atoms. The van der Waals surface area contributed by atoms with Gasteiger partial charge in [-0.1, -0.05) is 6.07 Å². The van der Waals surface area contributed by atoms with Gasteiger partial charge in [-0.25, -0.2) is 13.1 Å². The van der Waals surface area contributed by atoms with Crippen molar-refractivity contribution >= 4 is 21.6 Å². The van der Waals surface area contributed by atoms with E-state index in [1.54, 1.807) is 48.5 Å².